The van der Waals surface area contributed by atoms with Gasteiger partial charge in [-0.3, -0.25) is 0 Å². The average molecular weight is 250 g/mol. The summed E-state index contributed by atoms with van der Waals surface area (Å²) in [5.41, 5.74) is 1.17. The first-order valence-electron chi connectivity index (χ1n) is 6.23. The van der Waals surface area contributed by atoms with E-state index in [0.29, 0.717) is 0 Å². The molecule has 0 amide bonds. The van der Waals surface area contributed by atoms with Gasteiger partial charge in [-0.05, 0) is 25.5 Å². The fraction of sp³-hybridized carbons (Fsp3) is 0.600. The van der Waals surface area contributed by atoms with Crippen molar-refractivity contribution in [2.45, 2.75) is 56.3 Å². The maximum absolute atomic E-state index is 10.7. The number of fused-ring (bicyclic) bond motifs is 1. The summed E-state index contributed by atoms with van der Waals surface area (Å²) in [7, 11) is 0. The Morgan fingerprint density at radius 1 is 1.12 bits per heavy atom. The van der Waals surface area contributed by atoms with Crippen LogP contribution < -0.4 is 0 Å². The Hall–Kier alpha value is -0.470. The molecular formula is C15H22OS. The third-order valence-corrected chi connectivity index (χ3v) is 6.17. The number of benzene rings is 1. The number of thioether (sulfide) groups is 1. The fourth-order valence-corrected chi connectivity index (χ4v) is 3.96. The zero-order chi connectivity index (χ0) is 12.8. The van der Waals surface area contributed by atoms with Crippen molar-refractivity contribution in [3.05, 3.63) is 29.8 Å². The van der Waals surface area contributed by atoms with Gasteiger partial charge in [-0.1, -0.05) is 39.0 Å². The van der Waals surface area contributed by atoms with Crippen LogP contribution in [0, 0.1) is 5.41 Å². The van der Waals surface area contributed by atoms with E-state index in [-0.39, 0.29) is 22.2 Å². The minimum Gasteiger partial charge on any atom is -0.392 e. The Bertz CT molecular complexity index is 423. The van der Waals surface area contributed by atoms with Gasteiger partial charge in [0, 0.05) is 21.0 Å². The zero-order valence-electron chi connectivity index (χ0n) is 11.3. The fourth-order valence-electron chi connectivity index (χ4n) is 2.51. The Labute approximate surface area is 109 Å². The van der Waals surface area contributed by atoms with Crippen molar-refractivity contribution in [2.75, 3.05) is 0 Å². The van der Waals surface area contributed by atoms with Crippen LogP contribution in [0.4, 0.5) is 0 Å². The normalized spacial score (nSPS) is 30.5. The van der Waals surface area contributed by atoms with Crippen molar-refractivity contribution in [2.24, 2.45) is 5.41 Å². The summed E-state index contributed by atoms with van der Waals surface area (Å²) in [6.07, 6.45) is -0.311. The molecule has 0 spiro atoms. The van der Waals surface area contributed by atoms with Crippen LogP contribution in [0.15, 0.2) is 29.2 Å². The Balaban J connectivity index is 2.58. The lowest BCUT2D eigenvalue weighted by Gasteiger charge is -2.43. The maximum Gasteiger partial charge on any atom is 0.0670 e. The molecule has 2 rings (SSSR count). The highest BCUT2D eigenvalue weighted by Crippen LogP contribution is 2.54. The van der Waals surface area contributed by atoms with Crippen LogP contribution in [-0.2, 0) is 0 Å². The number of hydrogen-bond donors (Lipinski definition) is 1. The first kappa shape index (κ1) is 13.0. The van der Waals surface area contributed by atoms with Gasteiger partial charge in [0.05, 0.1) is 6.10 Å². The molecule has 1 aliphatic heterocycles. The predicted molar refractivity (Wildman–Crippen MR) is 74.6 cm³/mol. The quantitative estimate of drug-likeness (QED) is 0.749. The summed E-state index contributed by atoms with van der Waals surface area (Å²) < 4.78 is 0.0211. The van der Waals surface area contributed by atoms with Gasteiger partial charge in [0.25, 0.3) is 0 Å². The molecule has 0 aliphatic carbocycles. The lowest BCUT2D eigenvalue weighted by molar-refractivity contribution is 0.0138. The van der Waals surface area contributed by atoms with Crippen molar-refractivity contribution >= 4 is 11.8 Å². The average Bonchev–Trinajstić information content (AvgIpc) is 2.30. The number of aliphatic hydroxyl groups is 1. The second-order valence-corrected chi connectivity index (χ2v) is 7.77. The van der Waals surface area contributed by atoms with E-state index in [1.807, 2.05) is 11.8 Å². The maximum atomic E-state index is 10.7. The third-order valence-electron chi connectivity index (χ3n) is 4.54. The van der Waals surface area contributed by atoms with Crippen LogP contribution >= 0.6 is 11.8 Å². The lowest BCUT2D eigenvalue weighted by atomic mass is 9.70. The van der Waals surface area contributed by atoms with Gasteiger partial charge < -0.3 is 5.11 Å². The summed E-state index contributed by atoms with van der Waals surface area (Å²) in [6.45, 7) is 10.9. The minimum absolute atomic E-state index is 0.0211. The summed E-state index contributed by atoms with van der Waals surface area (Å²) in [4.78, 5) is 1.31. The van der Waals surface area contributed by atoms with Crippen molar-refractivity contribution < 1.29 is 5.11 Å². The molecule has 2 atom stereocenters. The van der Waals surface area contributed by atoms with E-state index in [2.05, 4.69) is 58.9 Å². The van der Waals surface area contributed by atoms with Crippen LogP contribution in [0.25, 0.3) is 0 Å². The molecule has 0 bridgehead atoms. The standard InChI is InChI=1S/C15H22OS/c1-10-11-8-6-7-9-12(11)17-15(4,5)14(2,3)13(10)16/h6-10,13,16H,1-5H3/t10-,13-/m1/s1. The molecular weight excluding hydrogens is 228 g/mol. The molecule has 0 aromatic heterocycles. The second-order valence-electron chi connectivity index (χ2n) is 6.11. The molecule has 1 heterocycles. The molecule has 1 N–H and O–H groups in total. The van der Waals surface area contributed by atoms with E-state index in [4.69, 9.17) is 0 Å². The third kappa shape index (κ3) is 1.92. The van der Waals surface area contributed by atoms with E-state index in [1.165, 1.54) is 10.5 Å². The molecule has 1 nitrogen and oxygen atoms in total. The topological polar surface area (TPSA) is 20.2 Å². The molecule has 17 heavy (non-hydrogen) atoms. The molecule has 0 radical (unpaired) electrons. The molecule has 0 saturated carbocycles. The predicted octanol–water partition coefficient (Wildman–Crippen LogP) is 4.06. The summed E-state index contributed by atoms with van der Waals surface area (Å²) in [5, 5.41) is 10.7. The van der Waals surface area contributed by atoms with Gasteiger partial charge in [-0.25, -0.2) is 0 Å². The number of hydrogen-bond acceptors (Lipinski definition) is 2. The molecule has 1 aromatic carbocycles. The van der Waals surface area contributed by atoms with Crippen LogP contribution in [0.3, 0.4) is 0 Å². The smallest absolute Gasteiger partial charge is 0.0670 e. The van der Waals surface area contributed by atoms with Gasteiger partial charge >= 0.3 is 0 Å². The van der Waals surface area contributed by atoms with Gasteiger partial charge in [-0.2, -0.15) is 0 Å². The van der Waals surface area contributed by atoms with Gasteiger partial charge in [-0.15, -0.1) is 11.8 Å². The summed E-state index contributed by atoms with van der Waals surface area (Å²) >= 11 is 1.89. The molecule has 0 saturated heterocycles. The molecule has 94 valence electrons. The van der Waals surface area contributed by atoms with Crippen molar-refractivity contribution in [3.63, 3.8) is 0 Å². The minimum atomic E-state index is -0.311. The Morgan fingerprint density at radius 2 is 1.71 bits per heavy atom. The second kappa shape index (κ2) is 4.03. The van der Waals surface area contributed by atoms with E-state index in [1.54, 1.807) is 0 Å². The summed E-state index contributed by atoms with van der Waals surface area (Å²) in [5.74, 6) is 0.190. The first-order valence-corrected chi connectivity index (χ1v) is 7.05. The molecule has 1 aromatic rings. The van der Waals surface area contributed by atoms with Crippen molar-refractivity contribution in [1.82, 2.24) is 0 Å². The molecule has 0 fully saturated rings. The Morgan fingerprint density at radius 3 is 2.35 bits per heavy atom. The summed E-state index contributed by atoms with van der Waals surface area (Å²) in [6, 6.07) is 8.47. The first-order chi connectivity index (χ1) is 7.77. The van der Waals surface area contributed by atoms with E-state index < -0.39 is 0 Å². The zero-order valence-corrected chi connectivity index (χ0v) is 12.1. The van der Waals surface area contributed by atoms with Gasteiger partial charge in [0.2, 0.25) is 0 Å². The van der Waals surface area contributed by atoms with Crippen molar-refractivity contribution in [1.29, 1.82) is 0 Å². The molecule has 1 aliphatic rings. The van der Waals surface area contributed by atoms with Crippen LogP contribution in [0.5, 0.6) is 0 Å². The van der Waals surface area contributed by atoms with Gasteiger partial charge in [0.15, 0.2) is 0 Å². The Kier molecular flexibility index (Phi) is 3.07. The van der Waals surface area contributed by atoms with Crippen molar-refractivity contribution in [3.8, 4) is 0 Å². The van der Waals surface area contributed by atoms with E-state index in [0.717, 1.165) is 0 Å². The number of rotatable bonds is 0. The van der Waals surface area contributed by atoms with E-state index in [9.17, 15) is 5.11 Å². The number of aliphatic hydroxyl groups excluding tert-OH is 1. The van der Waals surface area contributed by atoms with Crippen LogP contribution in [-0.4, -0.2) is 16.0 Å². The SMILES string of the molecule is C[C@@H]1c2ccccc2SC(C)(C)C(C)(C)[C@@H]1O. The van der Waals surface area contributed by atoms with Crippen LogP contribution in [0.1, 0.15) is 46.1 Å². The highest BCUT2D eigenvalue weighted by Gasteiger charge is 2.48. The molecule has 2 heteroatoms. The van der Waals surface area contributed by atoms with E-state index >= 15 is 0 Å². The monoisotopic (exact) mass is 250 g/mol. The lowest BCUT2D eigenvalue weighted by Crippen LogP contribution is -2.46. The largest absolute Gasteiger partial charge is 0.392 e. The molecule has 0 unspecified atom stereocenters. The van der Waals surface area contributed by atoms with Gasteiger partial charge in [0.1, 0.15) is 0 Å². The van der Waals surface area contributed by atoms with Crippen LogP contribution in [0.2, 0.25) is 0 Å². The highest BCUT2D eigenvalue weighted by atomic mass is 32.2. The highest BCUT2D eigenvalue weighted by molar-refractivity contribution is 8.00.